The van der Waals surface area contributed by atoms with Gasteiger partial charge in [0.1, 0.15) is 29.1 Å². The highest BCUT2D eigenvalue weighted by Crippen LogP contribution is 2.31. The first-order valence-electron chi connectivity index (χ1n) is 16.6. The molecule has 0 aliphatic carbocycles. The number of carbonyl (C=O) groups is 4. The molecule has 2 atom stereocenters. The Morgan fingerprint density at radius 3 is 2.35 bits per heavy atom. The number of piperazine rings is 1. The van der Waals surface area contributed by atoms with Crippen LogP contribution in [0.3, 0.4) is 0 Å². The zero-order chi connectivity index (χ0) is 36.9. The molecule has 1 saturated heterocycles. The van der Waals surface area contributed by atoms with Crippen molar-refractivity contribution in [1.29, 1.82) is 0 Å². The van der Waals surface area contributed by atoms with Crippen LogP contribution in [0, 0.1) is 18.8 Å². The average Bonchev–Trinajstić information content (AvgIpc) is 3.46. The molecule has 0 saturated carbocycles. The van der Waals surface area contributed by atoms with Gasteiger partial charge >= 0.3 is 6.09 Å². The number of hydrogen-bond acceptors (Lipinski definition) is 7. The highest BCUT2D eigenvalue weighted by Gasteiger charge is 2.40. The molecule has 1 aliphatic rings. The maximum Gasteiger partial charge on any atom is 0.408 e. The summed E-state index contributed by atoms with van der Waals surface area (Å²) >= 11 is 0. The third-order valence-electron chi connectivity index (χ3n) is 8.18. The maximum absolute atomic E-state index is 14.2. The van der Waals surface area contributed by atoms with Crippen LogP contribution in [0.15, 0.2) is 79.0 Å². The number of hydrogen-bond donors (Lipinski definition) is 3. The Kier molecular flexibility index (Phi) is 10.8. The van der Waals surface area contributed by atoms with Crippen molar-refractivity contribution in [3.05, 3.63) is 101 Å². The lowest BCUT2D eigenvalue weighted by Gasteiger charge is -2.41. The number of aromatic nitrogens is 2. The van der Waals surface area contributed by atoms with Crippen molar-refractivity contribution in [1.82, 2.24) is 24.9 Å². The van der Waals surface area contributed by atoms with Crippen LogP contribution in [0.25, 0.3) is 11.3 Å². The molecule has 4 amide bonds. The second-order valence-corrected chi connectivity index (χ2v) is 13.4. The molecule has 3 aromatic carbocycles. The number of benzene rings is 3. The molecule has 51 heavy (non-hydrogen) atoms. The van der Waals surface area contributed by atoms with Gasteiger partial charge in [0.25, 0.3) is 5.91 Å². The van der Waals surface area contributed by atoms with E-state index >= 15 is 0 Å². The van der Waals surface area contributed by atoms with Gasteiger partial charge < -0.3 is 30.3 Å². The van der Waals surface area contributed by atoms with Crippen molar-refractivity contribution >= 4 is 29.5 Å². The summed E-state index contributed by atoms with van der Waals surface area (Å²) in [5.41, 5.74) is 3.65. The van der Waals surface area contributed by atoms with Crippen molar-refractivity contribution in [3.8, 4) is 28.8 Å². The molecule has 12 heteroatoms. The second-order valence-electron chi connectivity index (χ2n) is 13.4. The van der Waals surface area contributed by atoms with E-state index in [0.29, 0.717) is 33.6 Å². The summed E-state index contributed by atoms with van der Waals surface area (Å²) in [6, 6.07) is 18.8. The number of phenolic OH excluding ortho intramolecular Hbond substituents is 1. The number of alkyl carbamates (subject to hydrolysis) is 1. The number of amides is 4. The number of nitrogens with one attached hydrogen (secondary N) is 2. The van der Waals surface area contributed by atoms with Crippen molar-refractivity contribution < 1.29 is 29.0 Å². The number of anilines is 1. The number of aryl methyl sites for hydroxylation is 2. The van der Waals surface area contributed by atoms with Crippen molar-refractivity contribution in [2.75, 3.05) is 25.0 Å². The molecular formula is C39H42N6O6. The molecule has 264 valence electrons. The number of ether oxygens (including phenoxy) is 1. The van der Waals surface area contributed by atoms with E-state index in [1.165, 1.54) is 16.7 Å². The smallest absolute Gasteiger partial charge is 0.408 e. The summed E-state index contributed by atoms with van der Waals surface area (Å²) in [7, 11) is 1.79. The van der Waals surface area contributed by atoms with E-state index in [2.05, 4.69) is 27.6 Å². The van der Waals surface area contributed by atoms with Gasteiger partial charge in [-0.3, -0.25) is 19.1 Å². The largest absolute Gasteiger partial charge is 0.507 e. The predicted octanol–water partition coefficient (Wildman–Crippen LogP) is 4.76. The van der Waals surface area contributed by atoms with E-state index in [4.69, 9.17) is 4.74 Å². The fraction of sp³-hybridized carbons (Fsp3) is 0.308. The molecule has 1 fully saturated rings. The number of nitrogens with zero attached hydrogens (tertiary/aromatic N) is 4. The minimum atomic E-state index is -1.13. The van der Waals surface area contributed by atoms with E-state index < -0.39 is 35.6 Å². The monoisotopic (exact) mass is 690 g/mol. The zero-order valence-electron chi connectivity index (χ0n) is 29.6. The summed E-state index contributed by atoms with van der Waals surface area (Å²) in [4.78, 5) is 56.1. The summed E-state index contributed by atoms with van der Waals surface area (Å²) in [5.74, 6) is 5.16. The van der Waals surface area contributed by atoms with Crippen LogP contribution in [-0.4, -0.2) is 79.8 Å². The Morgan fingerprint density at radius 2 is 1.69 bits per heavy atom. The van der Waals surface area contributed by atoms with Crippen LogP contribution < -0.4 is 10.6 Å². The molecule has 12 nitrogen and oxygen atoms in total. The van der Waals surface area contributed by atoms with Gasteiger partial charge in [-0.05, 0) is 69.7 Å². The lowest BCUT2D eigenvalue weighted by atomic mass is 10.0. The highest BCUT2D eigenvalue weighted by molar-refractivity contribution is 5.99. The molecule has 0 spiro atoms. The van der Waals surface area contributed by atoms with Crippen LogP contribution in [0.5, 0.6) is 5.75 Å². The summed E-state index contributed by atoms with van der Waals surface area (Å²) in [6.45, 7) is 8.82. The average molecular weight is 691 g/mol. The van der Waals surface area contributed by atoms with Crippen LogP contribution >= 0.6 is 0 Å². The zero-order valence-corrected chi connectivity index (χ0v) is 29.6. The van der Waals surface area contributed by atoms with Crippen molar-refractivity contribution in [2.45, 2.75) is 52.3 Å². The van der Waals surface area contributed by atoms with Crippen LogP contribution in [-0.2, 0) is 26.2 Å². The topological polar surface area (TPSA) is 146 Å². The lowest BCUT2D eigenvalue weighted by molar-refractivity contribution is -0.147. The van der Waals surface area contributed by atoms with Gasteiger partial charge in [0.2, 0.25) is 11.8 Å². The summed E-state index contributed by atoms with van der Waals surface area (Å²) in [6.07, 6.45) is 1.01. The van der Waals surface area contributed by atoms with Crippen molar-refractivity contribution in [2.24, 2.45) is 7.05 Å². The highest BCUT2D eigenvalue weighted by atomic mass is 16.6. The molecule has 0 unspecified atom stereocenters. The summed E-state index contributed by atoms with van der Waals surface area (Å²) < 4.78 is 7.08. The van der Waals surface area contributed by atoms with Gasteiger partial charge in [-0.15, -0.1) is 0 Å². The van der Waals surface area contributed by atoms with Gasteiger partial charge in [0.05, 0.1) is 12.1 Å². The standard InChI is InChI=1S/C39H42N6O6/c1-25-12-19-33(47)31(22-25)34-29(23-43(6)42-34)16-13-27-14-17-30(18-15-27)40-36(48)32-24-44(26(2)46)20-21-45(32)37(49)35(28-10-8-7-9-11-28)41-38(50)51-39(3,4)5/h7-12,14-15,17-19,22-23,32,35,47H,20-21,24H2,1-6H3,(H,40,48)(H,41,50)/t32-,35-/m0/s1. The molecule has 1 aliphatic heterocycles. The van der Waals surface area contributed by atoms with Gasteiger partial charge in [0.15, 0.2) is 0 Å². The molecule has 2 heterocycles. The predicted molar refractivity (Wildman–Crippen MR) is 192 cm³/mol. The second kappa shape index (κ2) is 15.2. The first-order valence-corrected chi connectivity index (χ1v) is 16.6. The van der Waals surface area contributed by atoms with Gasteiger partial charge in [-0.2, -0.15) is 5.10 Å². The third-order valence-corrected chi connectivity index (χ3v) is 8.18. The minimum Gasteiger partial charge on any atom is -0.507 e. The van der Waals surface area contributed by atoms with Crippen molar-refractivity contribution in [3.63, 3.8) is 0 Å². The van der Waals surface area contributed by atoms with E-state index in [1.807, 2.05) is 19.1 Å². The minimum absolute atomic E-state index is 0.0195. The quantitative estimate of drug-likeness (QED) is 0.247. The van der Waals surface area contributed by atoms with Gasteiger partial charge in [-0.1, -0.05) is 53.8 Å². The normalized spacial score (nSPS) is 14.9. The molecule has 3 N–H and O–H groups in total. The number of phenols is 1. The lowest BCUT2D eigenvalue weighted by Crippen LogP contribution is -2.62. The first kappa shape index (κ1) is 36.2. The Bertz CT molecular complexity index is 1990. The summed E-state index contributed by atoms with van der Waals surface area (Å²) in [5, 5.41) is 20.5. The van der Waals surface area contributed by atoms with Gasteiger partial charge in [-0.25, -0.2) is 4.79 Å². The van der Waals surface area contributed by atoms with E-state index in [-0.39, 0.29) is 31.3 Å². The Morgan fingerprint density at radius 1 is 0.980 bits per heavy atom. The number of carbonyl (C=O) groups excluding carboxylic acids is 4. The maximum atomic E-state index is 14.2. The Labute approximate surface area is 297 Å². The first-order chi connectivity index (χ1) is 24.2. The number of aromatic hydroxyl groups is 1. The molecule has 5 rings (SSSR count). The van der Waals surface area contributed by atoms with Crippen LogP contribution in [0.1, 0.15) is 56.0 Å². The Hall–Kier alpha value is -6.09. The number of rotatable bonds is 6. The molecular weight excluding hydrogens is 648 g/mol. The molecule has 0 radical (unpaired) electrons. The van der Waals surface area contributed by atoms with Crippen LogP contribution in [0.2, 0.25) is 0 Å². The van der Waals surface area contributed by atoms with E-state index in [1.54, 1.807) is 99.4 Å². The molecule has 0 bridgehead atoms. The van der Waals surface area contributed by atoms with E-state index in [0.717, 1.165) is 5.56 Å². The molecule has 4 aromatic rings. The SMILES string of the molecule is CC(=O)N1CCN(C(=O)[C@@H](NC(=O)OC(C)(C)C)c2ccccc2)[C@H](C(=O)Nc2ccc(C#Cc3cn(C)nc3-c3cc(C)ccc3O)cc2)C1. The van der Waals surface area contributed by atoms with Gasteiger partial charge in [0, 0.05) is 50.1 Å². The fourth-order valence-electron chi connectivity index (χ4n) is 5.70. The van der Waals surface area contributed by atoms with E-state index in [9.17, 15) is 24.3 Å². The van der Waals surface area contributed by atoms with Crippen LogP contribution in [0.4, 0.5) is 10.5 Å². The Balaban J connectivity index is 1.35. The third kappa shape index (κ3) is 9.13. The fourth-order valence-corrected chi connectivity index (χ4v) is 5.70. The molecule has 1 aromatic heterocycles.